The Kier molecular flexibility index (Phi) is 5.49. The zero-order valence-electron chi connectivity index (χ0n) is 14.8. The molecule has 3 aromatic rings. The Labute approximate surface area is 154 Å². The van der Waals surface area contributed by atoms with Gasteiger partial charge in [-0.15, -0.1) is 0 Å². The normalized spacial score (nSPS) is 12.5. The molecule has 0 unspecified atom stereocenters. The van der Waals surface area contributed by atoms with Crippen LogP contribution in [0, 0.1) is 0 Å². The van der Waals surface area contributed by atoms with Crippen LogP contribution in [0.15, 0.2) is 91.0 Å². The molecule has 0 aromatic heterocycles. The van der Waals surface area contributed by atoms with E-state index in [9.17, 15) is 9.90 Å². The first kappa shape index (κ1) is 17.9. The highest BCUT2D eigenvalue weighted by Crippen LogP contribution is 2.37. The van der Waals surface area contributed by atoms with Crippen molar-refractivity contribution >= 4 is 5.97 Å². The minimum absolute atomic E-state index is 0.490. The van der Waals surface area contributed by atoms with Crippen molar-refractivity contribution in [1.29, 1.82) is 0 Å². The average molecular weight is 345 g/mol. The second-order valence-electron chi connectivity index (χ2n) is 6.29. The Hall–Kier alpha value is -2.91. The predicted molar refractivity (Wildman–Crippen MR) is 104 cm³/mol. The van der Waals surface area contributed by atoms with Crippen LogP contribution < -0.4 is 5.32 Å². The molecule has 0 heterocycles. The number of hydrogen-bond donors (Lipinski definition) is 2. The molecular formula is C23H23NO2. The number of benzene rings is 3. The van der Waals surface area contributed by atoms with Gasteiger partial charge in [-0.2, -0.15) is 0 Å². The maximum Gasteiger partial charge on any atom is 0.320 e. The van der Waals surface area contributed by atoms with E-state index in [1.165, 1.54) is 0 Å². The van der Waals surface area contributed by atoms with Crippen LogP contribution in [-0.2, 0) is 10.3 Å². The molecule has 0 spiro atoms. The highest BCUT2D eigenvalue weighted by atomic mass is 16.4. The van der Waals surface area contributed by atoms with E-state index in [1.807, 2.05) is 97.9 Å². The number of carboxylic acids is 1. The summed E-state index contributed by atoms with van der Waals surface area (Å²) in [6, 6.07) is 29.4. The summed E-state index contributed by atoms with van der Waals surface area (Å²) >= 11 is 0. The van der Waals surface area contributed by atoms with Crippen molar-refractivity contribution in [3.63, 3.8) is 0 Å². The van der Waals surface area contributed by atoms with Crippen molar-refractivity contribution in [3.05, 3.63) is 108 Å². The fraction of sp³-hybridized carbons (Fsp3) is 0.174. The second-order valence-corrected chi connectivity index (χ2v) is 6.29. The zero-order chi connectivity index (χ0) is 18.4. The highest BCUT2D eigenvalue weighted by Gasteiger charge is 2.39. The second kappa shape index (κ2) is 7.98. The van der Waals surface area contributed by atoms with E-state index in [2.05, 4.69) is 5.32 Å². The van der Waals surface area contributed by atoms with Gasteiger partial charge in [0.15, 0.2) is 0 Å². The lowest BCUT2D eigenvalue weighted by molar-refractivity contribution is -0.140. The molecule has 0 bridgehead atoms. The molecule has 3 aromatic carbocycles. The van der Waals surface area contributed by atoms with Crippen LogP contribution in [0.4, 0.5) is 0 Å². The number of carbonyl (C=O) groups is 1. The van der Waals surface area contributed by atoms with Gasteiger partial charge in [0.25, 0.3) is 0 Å². The van der Waals surface area contributed by atoms with E-state index >= 15 is 0 Å². The topological polar surface area (TPSA) is 49.3 Å². The summed E-state index contributed by atoms with van der Waals surface area (Å²) in [7, 11) is 0. The summed E-state index contributed by atoms with van der Waals surface area (Å²) in [5.41, 5.74) is 2.29. The van der Waals surface area contributed by atoms with Crippen LogP contribution in [0.1, 0.15) is 30.0 Å². The zero-order valence-corrected chi connectivity index (χ0v) is 14.8. The van der Waals surface area contributed by atoms with Gasteiger partial charge in [0.05, 0.1) is 5.54 Å². The SMILES string of the molecule is CC[C@@H](NC(c1ccccc1)(c1ccccc1)c1ccccc1)C(=O)O. The Morgan fingerprint density at radius 3 is 1.42 bits per heavy atom. The van der Waals surface area contributed by atoms with Gasteiger partial charge >= 0.3 is 5.97 Å². The van der Waals surface area contributed by atoms with Crippen LogP contribution in [0.25, 0.3) is 0 Å². The lowest BCUT2D eigenvalue weighted by atomic mass is 9.76. The summed E-state index contributed by atoms with van der Waals surface area (Å²) in [4.78, 5) is 11.8. The average Bonchev–Trinajstić information content (AvgIpc) is 2.71. The van der Waals surface area contributed by atoms with Crippen molar-refractivity contribution in [3.8, 4) is 0 Å². The molecule has 0 aliphatic heterocycles. The molecule has 2 N–H and O–H groups in total. The third-order valence-corrected chi connectivity index (χ3v) is 4.72. The monoisotopic (exact) mass is 345 g/mol. The molecular weight excluding hydrogens is 322 g/mol. The molecule has 26 heavy (non-hydrogen) atoms. The Balaban J connectivity index is 2.29. The molecule has 3 rings (SSSR count). The van der Waals surface area contributed by atoms with Gasteiger partial charge in [0.2, 0.25) is 0 Å². The fourth-order valence-corrected chi connectivity index (χ4v) is 3.41. The molecule has 1 atom stereocenters. The summed E-state index contributed by atoms with van der Waals surface area (Å²) < 4.78 is 0. The molecule has 3 nitrogen and oxygen atoms in total. The highest BCUT2D eigenvalue weighted by molar-refractivity contribution is 5.74. The quantitative estimate of drug-likeness (QED) is 0.623. The maximum absolute atomic E-state index is 11.8. The Bertz CT molecular complexity index is 735. The van der Waals surface area contributed by atoms with E-state index in [1.54, 1.807) is 0 Å². The van der Waals surface area contributed by atoms with Crippen LogP contribution >= 0.6 is 0 Å². The summed E-state index contributed by atoms with van der Waals surface area (Å²) in [5.74, 6) is -0.848. The fourth-order valence-electron chi connectivity index (χ4n) is 3.41. The lowest BCUT2D eigenvalue weighted by Crippen LogP contribution is -2.52. The lowest BCUT2D eigenvalue weighted by Gasteiger charge is -2.39. The third kappa shape index (κ3) is 3.39. The van der Waals surface area contributed by atoms with Gasteiger partial charge in [-0.25, -0.2) is 0 Å². The first-order chi connectivity index (χ1) is 12.7. The smallest absolute Gasteiger partial charge is 0.320 e. The van der Waals surface area contributed by atoms with Crippen LogP contribution in [0.2, 0.25) is 0 Å². The van der Waals surface area contributed by atoms with Gasteiger partial charge in [-0.3, -0.25) is 10.1 Å². The molecule has 0 saturated carbocycles. The Morgan fingerprint density at radius 1 is 0.808 bits per heavy atom. The van der Waals surface area contributed by atoms with E-state index in [4.69, 9.17) is 0 Å². The minimum Gasteiger partial charge on any atom is -0.480 e. The van der Waals surface area contributed by atoms with E-state index in [0.717, 1.165) is 16.7 Å². The van der Waals surface area contributed by atoms with E-state index in [-0.39, 0.29) is 0 Å². The minimum atomic E-state index is -0.848. The first-order valence-corrected chi connectivity index (χ1v) is 8.85. The third-order valence-electron chi connectivity index (χ3n) is 4.72. The summed E-state index contributed by atoms with van der Waals surface area (Å²) in [5, 5.41) is 13.2. The van der Waals surface area contributed by atoms with E-state index in [0.29, 0.717) is 6.42 Å². The van der Waals surface area contributed by atoms with Crippen LogP contribution in [0.5, 0.6) is 0 Å². The van der Waals surface area contributed by atoms with Crippen molar-refractivity contribution in [2.45, 2.75) is 24.9 Å². The predicted octanol–water partition coefficient (Wildman–Crippen LogP) is 4.43. The van der Waals surface area contributed by atoms with Crippen molar-refractivity contribution in [2.75, 3.05) is 0 Å². The number of carboxylic acid groups (broad SMARTS) is 1. The summed E-state index contributed by atoms with van der Waals surface area (Å²) in [6.45, 7) is 1.89. The van der Waals surface area contributed by atoms with Crippen molar-refractivity contribution in [1.82, 2.24) is 5.32 Å². The van der Waals surface area contributed by atoms with Gasteiger partial charge in [-0.05, 0) is 23.1 Å². The number of hydrogen-bond acceptors (Lipinski definition) is 2. The molecule has 0 saturated heterocycles. The first-order valence-electron chi connectivity index (χ1n) is 8.85. The van der Waals surface area contributed by atoms with Gasteiger partial charge in [0, 0.05) is 0 Å². The van der Waals surface area contributed by atoms with Gasteiger partial charge in [0.1, 0.15) is 6.04 Å². The number of rotatable bonds is 7. The summed E-state index contributed by atoms with van der Waals surface area (Å²) in [6.07, 6.45) is 0.490. The van der Waals surface area contributed by atoms with Crippen LogP contribution in [-0.4, -0.2) is 17.1 Å². The molecule has 132 valence electrons. The van der Waals surface area contributed by atoms with E-state index < -0.39 is 17.6 Å². The molecule has 3 heteroatoms. The van der Waals surface area contributed by atoms with Crippen molar-refractivity contribution in [2.24, 2.45) is 0 Å². The molecule has 0 amide bonds. The number of nitrogens with one attached hydrogen (secondary N) is 1. The van der Waals surface area contributed by atoms with Crippen LogP contribution in [0.3, 0.4) is 0 Å². The molecule has 0 fully saturated rings. The number of aliphatic carboxylic acids is 1. The van der Waals surface area contributed by atoms with Gasteiger partial charge < -0.3 is 5.11 Å². The molecule has 0 aliphatic rings. The largest absolute Gasteiger partial charge is 0.480 e. The standard InChI is InChI=1S/C23H23NO2/c1-2-21(22(25)26)24-23(18-12-6-3-7-13-18,19-14-8-4-9-15-19)20-16-10-5-11-17-20/h3-17,21,24H,2H2,1H3,(H,25,26)/t21-/m1/s1. The molecule has 0 aliphatic carbocycles. The van der Waals surface area contributed by atoms with Crippen molar-refractivity contribution < 1.29 is 9.90 Å². The molecule has 0 radical (unpaired) electrons. The Morgan fingerprint density at radius 2 is 1.15 bits per heavy atom. The van der Waals surface area contributed by atoms with Gasteiger partial charge in [-0.1, -0.05) is 97.9 Å². The maximum atomic E-state index is 11.8.